The molecule has 1 aliphatic rings. The minimum Gasteiger partial charge on any atom is -0.378 e. The van der Waals surface area contributed by atoms with Gasteiger partial charge in [0.05, 0.1) is 5.60 Å². The summed E-state index contributed by atoms with van der Waals surface area (Å²) in [5.74, 6) is 0.269. The average Bonchev–Trinajstić information content (AvgIpc) is 2.33. The van der Waals surface area contributed by atoms with Gasteiger partial charge in [0.2, 0.25) is 0 Å². The van der Waals surface area contributed by atoms with Crippen LogP contribution >= 0.6 is 11.6 Å². The van der Waals surface area contributed by atoms with Gasteiger partial charge in [0.25, 0.3) is 0 Å². The summed E-state index contributed by atoms with van der Waals surface area (Å²) >= 11 is 6.52. The molecule has 1 saturated carbocycles. The number of methoxy groups -OCH3 is 1. The Kier molecular flexibility index (Phi) is 4.05. The van der Waals surface area contributed by atoms with E-state index in [4.69, 9.17) is 16.3 Å². The molecule has 1 aromatic heterocycles. The van der Waals surface area contributed by atoms with E-state index in [1.807, 2.05) is 24.4 Å². The maximum Gasteiger partial charge on any atom is 0.0693 e. The van der Waals surface area contributed by atoms with Crippen molar-refractivity contribution < 1.29 is 4.74 Å². The minimum atomic E-state index is 0.0372. The fourth-order valence-electron chi connectivity index (χ4n) is 2.43. The van der Waals surface area contributed by atoms with E-state index in [-0.39, 0.29) is 16.9 Å². The highest BCUT2D eigenvalue weighted by molar-refractivity contribution is 6.21. The van der Waals surface area contributed by atoms with Gasteiger partial charge in [0, 0.05) is 30.3 Å². The maximum atomic E-state index is 6.52. The molecule has 1 aromatic rings. The zero-order valence-electron chi connectivity index (χ0n) is 10.5. The van der Waals surface area contributed by atoms with Crippen molar-refractivity contribution in [2.24, 2.45) is 0 Å². The van der Waals surface area contributed by atoms with Gasteiger partial charge in [-0.05, 0) is 37.8 Å². The topological polar surface area (TPSA) is 22.1 Å². The molecule has 0 spiro atoms. The monoisotopic (exact) mass is 253 g/mol. The van der Waals surface area contributed by atoms with Crippen molar-refractivity contribution in [3.63, 3.8) is 0 Å². The zero-order chi connectivity index (χ0) is 12.3. The molecule has 0 aromatic carbocycles. The van der Waals surface area contributed by atoms with Crippen LogP contribution in [0.1, 0.15) is 44.2 Å². The van der Waals surface area contributed by atoms with Crippen LogP contribution in [0.15, 0.2) is 24.4 Å². The number of hydrogen-bond donors (Lipinski definition) is 0. The number of hydrogen-bond acceptors (Lipinski definition) is 2. The molecule has 0 amide bonds. The fourth-order valence-corrected chi connectivity index (χ4v) is 2.84. The molecule has 3 heteroatoms. The SMILES string of the molecule is COC1(CC(Cl)C(C)c2ccccn2)CCC1. The molecule has 2 rings (SSSR count). The third kappa shape index (κ3) is 2.80. The Morgan fingerprint density at radius 1 is 1.47 bits per heavy atom. The van der Waals surface area contributed by atoms with Crippen LogP contribution in [0.25, 0.3) is 0 Å². The predicted molar refractivity (Wildman–Crippen MR) is 70.5 cm³/mol. The summed E-state index contributed by atoms with van der Waals surface area (Å²) in [7, 11) is 1.80. The van der Waals surface area contributed by atoms with Gasteiger partial charge in [-0.25, -0.2) is 0 Å². The Balaban J connectivity index is 1.98. The van der Waals surface area contributed by atoms with Crippen LogP contribution in [0, 0.1) is 0 Å². The number of nitrogens with zero attached hydrogens (tertiary/aromatic N) is 1. The predicted octanol–water partition coefficient (Wildman–Crippen LogP) is 3.75. The number of pyridine rings is 1. The first-order chi connectivity index (χ1) is 8.17. The van der Waals surface area contributed by atoms with Crippen LogP contribution in [0.5, 0.6) is 0 Å². The number of rotatable bonds is 5. The number of ether oxygens (including phenoxy) is 1. The highest BCUT2D eigenvalue weighted by Gasteiger charge is 2.39. The van der Waals surface area contributed by atoms with Crippen LogP contribution in [-0.4, -0.2) is 23.1 Å². The summed E-state index contributed by atoms with van der Waals surface area (Å²) in [4.78, 5) is 4.37. The number of aromatic nitrogens is 1. The molecular formula is C14H20ClNO. The van der Waals surface area contributed by atoms with E-state index in [2.05, 4.69) is 11.9 Å². The van der Waals surface area contributed by atoms with E-state index in [1.54, 1.807) is 7.11 Å². The van der Waals surface area contributed by atoms with Crippen LogP contribution in [0.4, 0.5) is 0 Å². The molecule has 0 N–H and O–H groups in total. The normalized spacial score (nSPS) is 21.6. The first kappa shape index (κ1) is 12.8. The average molecular weight is 254 g/mol. The van der Waals surface area contributed by atoms with Crippen molar-refractivity contribution in [3.05, 3.63) is 30.1 Å². The quantitative estimate of drug-likeness (QED) is 0.746. The summed E-state index contributed by atoms with van der Waals surface area (Å²) in [6, 6.07) is 5.99. The maximum absolute atomic E-state index is 6.52. The minimum absolute atomic E-state index is 0.0372. The van der Waals surface area contributed by atoms with E-state index in [9.17, 15) is 0 Å². The number of alkyl halides is 1. The van der Waals surface area contributed by atoms with E-state index in [0.717, 1.165) is 25.0 Å². The van der Waals surface area contributed by atoms with Crippen molar-refractivity contribution in [1.29, 1.82) is 0 Å². The molecule has 0 saturated heterocycles. The molecule has 1 heterocycles. The Morgan fingerprint density at radius 3 is 2.71 bits per heavy atom. The third-order valence-corrected chi connectivity index (χ3v) is 4.49. The lowest BCUT2D eigenvalue weighted by Crippen LogP contribution is -2.42. The fraction of sp³-hybridized carbons (Fsp3) is 0.643. The van der Waals surface area contributed by atoms with Crippen molar-refractivity contribution >= 4 is 11.6 Å². The molecule has 17 heavy (non-hydrogen) atoms. The van der Waals surface area contributed by atoms with Gasteiger partial charge < -0.3 is 4.74 Å². The Bertz CT molecular complexity index is 345. The van der Waals surface area contributed by atoms with E-state index in [1.165, 1.54) is 6.42 Å². The molecule has 2 atom stereocenters. The van der Waals surface area contributed by atoms with E-state index >= 15 is 0 Å². The Labute approximate surface area is 108 Å². The molecular weight excluding hydrogens is 234 g/mol. The zero-order valence-corrected chi connectivity index (χ0v) is 11.3. The van der Waals surface area contributed by atoms with Crippen LogP contribution in [0.3, 0.4) is 0 Å². The van der Waals surface area contributed by atoms with Crippen molar-refractivity contribution in [2.75, 3.05) is 7.11 Å². The second-order valence-electron chi connectivity index (χ2n) is 5.00. The van der Waals surface area contributed by atoms with Gasteiger partial charge in [0.1, 0.15) is 0 Å². The van der Waals surface area contributed by atoms with Crippen molar-refractivity contribution in [3.8, 4) is 0 Å². The Morgan fingerprint density at radius 2 is 2.24 bits per heavy atom. The van der Waals surface area contributed by atoms with E-state index < -0.39 is 0 Å². The first-order valence-electron chi connectivity index (χ1n) is 6.27. The van der Waals surface area contributed by atoms with Gasteiger partial charge in [-0.15, -0.1) is 11.6 Å². The molecule has 0 aliphatic heterocycles. The smallest absolute Gasteiger partial charge is 0.0693 e. The second kappa shape index (κ2) is 5.36. The molecule has 1 aliphatic carbocycles. The lowest BCUT2D eigenvalue weighted by Gasteiger charge is -2.42. The molecule has 0 bridgehead atoms. The summed E-state index contributed by atoms with van der Waals surface area (Å²) in [5.41, 5.74) is 1.10. The van der Waals surface area contributed by atoms with Crippen LogP contribution in [-0.2, 0) is 4.74 Å². The standard InChI is InChI=1S/C14H20ClNO/c1-11(13-6-3-4-9-16-13)12(15)10-14(17-2)7-5-8-14/h3-4,6,9,11-12H,5,7-8,10H2,1-2H3. The van der Waals surface area contributed by atoms with Crippen LogP contribution < -0.4 is 0 Å². The number of halogens is 1. The Hall–Kier alpha value is -0.600. The summed E-state index contributed by atoms with van der Waals surface area (Å²) in [6.07, 6.45) is 6.28. The lowest BCUT2D eigenvalue weighted by molar-refractivity contribution is -0.0786. The van der Waals surface area contributed by atoms with Gasteiger partial charge in [-0.1, -0.05) is 13.0 Å². The summed E-state index contributed by atoms with van der Waals surface area (Å²) in [6.45, 7) is 2.14. The van der Waals surface area contributed by atoms with Crippen molar-refractivity contribution in [1.82, 2.24) is 4.98 Å². The molecule has 1 fully saturated rings. The van der Waals surface area contributed by atoms with Gasteiger partial charge >= 0.3 is 0 Å². The van der Waals surface area contributed by atoms with Crippen LogP contribution in [0.2, 0.25) is 0 Å². The summed E-state index contributed by atoms with van der Waals surface area (Å²) in [5, 5.41) is 0.0881. The molecule has 2 nitrogen and oxygen atoms in total. The first-order valence-corrected chi connectivity index (χ1v) is 6.71. The summed E-state index contributed by atoms with van der Waals surface area (Å²) < 4.78 is 5.63. The van der Waals surface area contributed by atoms with Crippen molar-refractivity contribution in [2.45, 2.75) is 49.5 Å². The van der Waals surface area contributed by atoms with Gasteiger partial charge in [-0.2, -0.15) is 0 Å². The highest BCUT2D eigenvalue weighted by Crippen LogP contribution is 2.42. The van der Waals surface area contributed by atoms with E-state index in [0.29, 0.717) is 0 Å². The second-order valence-corrected chi connectivity index (χ2v) is 5.56. The molecule has 94 valence electrons. The highest BCUT2D eigenvalue weighted by atomic mass is 35.5. The van der Waals surface area contributed by atoms with Gasteiger partial charge in [0.15, 0.2) is 0 Å². The lowest BCUT2D eigenvalue weighted by atomic mass is 9.75. The third-order valence-electron chi connectivity index (χ3n) is 3.96. The molecule has 2 unspecified atom stereocenters. The molecule has 0 radical (unpaired) electrons. The van der Waals surface area contributed by atoms with Gasteiger partial charge in [-0.3, -0.25) is 4.98 Å². The largest absolute Gasteiger partial charge is 0.378 e.